The molecule has 0 bridgehead atoms. The molecule has 0 spiro atoms. The molecule has 1 aromatic heterocycles. The summed E-state index contributed by atoms with van der Waals surface area (Å²) in [5.74, 6) is -2.06. The van der Waals surface area contributed by atoms with Crippen LogP contribution in [0.25, 0.3) is 0 Å². The van der Waals surface area contributed by atoms with Gasteiger partial charge in [0.2, 0.25) is 15.8 Å². The van der Waals surface area contributed by atoms with Gasteiger partial charge in [-0.2, -0.15) is 4.31 Å². The predicted octanol–water partition coefficient (Wildman–Crippen LogP) is 1.94. The van der Waals surface area contributed by atoms with Gasteiger partial charge >= 0.3 is 5.97 Å². The quantitative estimate of drug-likeness (QED) is 0.887. The summed E-state index contributed by atoms with van der Waals surface area (Å²) in [5.41, 5.74) is 0.437. The Morgan fingerprint density at radius 1 is 1.20 bits per heavy atom. The van der Waals surface area contributed by atoms with Crippen molar-refractivity contribution in [1.82, 2.24) is 4.31 Å². The lowest BCUT2D eigenvalue weighted by Crippen LogP contribution is -2.48. The third-order valence-electron chi connectivity index (χ3n) is 4.13. The molecule has 0 saturated carbocycles. The molecule has 9 heteroatoms. The van der Waals surface area contributed by atoms with Gasteiger partial charge in [-0.05, 0) is 19.1 Å². The SMILES string of the molecule is Cc1oc(C(=O)O)cc1S(=O)(=O)N1CCN(c2ccccc2F)CC1. The fourth-order valence-corrected chi connectivity index (χ4v) is 4.43. The molecule has 7 nitrogen and oxygen atoms in total. The summed E-state index contributed by atoms with van der Waals surface area (Å²) in [6.45, 7) is 2.42. The van der Waals surface area contributed by atoms with Crippen LogP contribution in [0.1, 0.15) is 16.3 Å². The number of hydrogen-bond acceptors (Lipinski definition) is 5. The van der Waals surface area contributed by atoms with E-state index in [1.165, 1.54) is 17.3 Å². The molecule has 1 aliphatic rings. The van der Waals surface area contributed by atoms with Gasteiger partial charge in [-0.15, -0.1) is 0 Å². The molecule has 0 unspecified atom stereocenters. The third-order valence-corrected chi connectivity index (χ3v) is 6.14. The number of halogens is 1. The summed E-state index contributed by atoms with van der Waals surface area (Å²) in [4.78, 5) is 12.6. The van der Waals surface area contributed by atoms with Crippen molar-refractivity contribution in [1.29, 1.82) is 0 Å². The Labute approximate surface area is 144 Å². The van der Waals surface area contributed by atoms with Crippen LogP contribution in [-0.4, -0.2) is 50.0 Å². The lowest BCUT2D eigenvalue weighted by molar-refractivity contribution is 0.0661. The highest BCUT2D eigenvalue weighted by Gasteiger charge is 2.32. The summed E-state index contributed by atoms with van der Waals surface area (Å²) in [6.07, 6.45) is 0. The summed E-state index contributed by atoms with van der Waals surface area (Å²) < 4.78 is 45.6. The van der Waals surface area contributed by atoms with Gasteiger partial charge in [-0.1, -0.05) is 12.1 Å². The number of carboxylic acids is 1. The van der Waals surface area contributed by atoms with Crippen LogP contribution in [0.4, 0.5) is 10.1 Å². The van der Waals surface area contributed by atoms with Crippen LogP contribution in [0.5, 0.6) is 0 Å². The molecule has 1 aliphatic heterocycles. The first-order chi connectivity index (χ1) is 11.8. The normalized spacial score (nSPS) is 16.2. The zero-order valence-corrected chi connectivity index (χ0v) is 14.3. The van der Waals surface area contributed by atoms with Crippen molar-refractivity contribution in [3.8, 4) is 0 Å². The minimum absolute atomic E-state index is 0.0360. The molecule has 2 aromatic rings. The molecule has 0 radical (unpaired) electrons. The van der Waals surface area contributed by atoms with Crippen molar-refractivity contribution in [2.24, 2.45) is 0 Å². The van der Waals surface area contributed by atoms with Crippen molar-refractivity contribution in [2.75, 3.05) is 31.1 Å². The molecule has 3 rings (SSSR count). The summed E-state index contributed by atoms with van der Waals surface area (Å²) >= 11 is 0. The van der Waals surface area contributed by atoms with Crippen molar-refractivity contribution in [3.63, 3.8) is 0 Å². The zero-order valence-electron chi connectivity index (χ0n) is 13.5. The molecule has 1 saturated heterocycles. The van der Waals surface area contributed by atoms with Crippen LogP contribution in [0.2, 0.25) is 0 Å². The number of carboxylic acid groups (broad SMARTS) is 1. The van der Waals surface area contributed by atoms with E-state index in [1.807, 2.05) is 0 Å². The van der Waals surface area contributed by atoms with Gasteiger partial charge in [0.25, 0.3) is 0 Å². The monoisotopic (exact) mass is 368 g/mol. The lowest BCUT2D eigenvalue weighted by Gasteiger charge is -2.35. The molecular formula is C16H17FN2O5S. The van der Waals surface area contributed by atoms with Crippen LogP contribution in [0, 0.1) is 12.7 Å². The minimum Gasteiger partial charge on any atom is -0.475 e. The maximum absolute atomic E-state index is 13.9. The largest absolute Gasteiger partial charge is 0.475 e. The molecule has 1 aromatic carbocycles. The second-order valence-electron chi connectivity index (χ2n) is 5.68. The number of hydrogen-bond donors (Lipinski definition) is 1. The summed E-state index contributed by atoms with van der Waals surface area (Å²) in [5, 5.41) is 8.94. The molecular weight excluding hydrogens is 351 g/mol. The molecule has 0 atom stereocenters. The number of anilines is 1. The highest BCUT2D eigenvalue weighted by Crippen LogP contribution is 2.26. The van der Waals surface area contributed by atoms with Crippen LogP contribution >= 0.6 is 0 Å². The number of benzene rings is 1. The van der Waals surface area contributed by atoms with Gasteiger partial charge in [0.05, 0.1) is 5.69 Å². The molecule has 1 N–H and O–H groups in total. The Balaban J connectivity index is 1.78. The van der Waals surface area contributed by atoms with E-state index in [0.29, 0.717) is 18.8 Å². The Hall–Kier alpha value is -2.39. The minimum atomic E-state index is -3.87. The number of sulfonamides is 1. The number of nitrogens with zero attached hydrogens (tertiary/aromatic N) is 2. The van der Waals surface area contributed by atoms with Gasteiger partial charge in [-0.3, -0.25) is 0 Å². The van der Waals surface area contributed by atoms with E-state index in [-0.39, 0.29) is 29.6 Å². The fraction of sp³-hybridized carbons (Fsp3) is 0.312. The summed E-state index contributed by atoms with van der Waals surface area (Å²) in [7, 11) is -3.87. The maximum atomic E-state index is 13.9. The zero-order chi connectivity index (χ0) is 18.2. The van der Waals surface area contributed by atoms with Crippen molar-refractivity contribution in [3.05, 3.63) is 47.7 Å². The molecule has 2 heterocycles. The Morgan fingerprint density at radius 2 is 1.84 bits per heavy atom. The van der Waals surface area contributed by atoms with E-state index in [2.05, 4.69) is 0 Å². The first-order valence-electron chi connectivity index (χ1n) is 7.64. The van der Waals surface area contributed by atoms with Crippen molar-refractivity contribution < 1.29 is 27.1 Å². The van der Waals surface area contributed by atoms with E-state index >= 15 is 0 Å². The van der Waals surface area contributed by atoms with Crippen LogP contribution < -0.4 is 4.90 Å². The van der Waals surface area contributed by atoms with Crippen molar-refractivity contribution >= 4 is 21.7 Å². The predicted molar refractivity (Wildman–Crippen MR) is 87.8 cm³/mol. The van der Waals surface area contributed by atoms with Gasteiger partial charge in [0.15, 0.2) is 0 Å². The topological polar surface area (TPSA) is 91.1 Å². The number of aromatic carboxylic acids is 1. The number of carbonyl (C=O) groups is 1. The number of aryl methyl sites for hydroxylation is 1. The smallest absolute Gasteiger partial charge is 0.371 e. The van der Waals surface area contributed by atoms with E-state index in [0.717, 1.165) is 6.07 Å². The average Bonchev–Trinajstić information content (AvgIpc) is 2.98. The highest BCUT2D eigenvalue weighted by atomic mass is 32.2. The summed E-state index contributed by atoms with van der Waals surface area (Å²) in [6, 6.07) is 7.36. The lowest BCUT2D eigenvalue weighted by atomic mass is 10.2. The standard InChI is InChI=1S/C16H17FN2O5S/c1-11-15(10-14(24-11)16(20)21)25(22,23)19-8-6-18(7-9-19)13-5-3-2-4-12(13)17/h2-5,10H,6-9H2,1H3,(H,20,21). The van der Waals surface area contributed by atoms with Gasteiger partial charge in [0, 0.05) is 32.2 Å². The first-order valence-corrected chi connectivity index (χ1v) is 9.08. The van der Waals surface area contributed by atoms with E-state index in [4.69, 9.17) is 9.52 Å². The maximum Gasteiger partial charge on any atom is 0.371 e. The second-order valence-corrected chi connectivity index (χ2v) is 7.59. The van der Waals surface area contributed by atoms with E-state index in [1.54, 1.807) is 23.1 Å². The molecule has 134 valence electrons. The Kier molecular flexibility index (Phi) is 4.53. The fourth-order valence-electron chi connectivity index (χ4n) is 2.84. The van der Waals surface area contributed by atoms with Gasteiger partial charge in [0.1, 0.15) is 16.5 Å². The molecule has 0 aliphatic carbocycles. The second kappa shape index (κ2) is 6.49. The molecule has 1 fully saturated rings. The average molecular weight is 368 g/mol. The molecule has 0 amide bonds. The Morgan fingerprint density at radius 3 is 2.40 bits per heavy atom. The van der Waals surface area contributed by atoms with Gasteiger partial charge < -0.3 is 14.4 Å². The number of piperazine rings is 1. The van der Waals surface area contributed by atoms with Crippen LogP contribution in [0.3, 0.4) is 0 Å². The van der Waals surface area contributed by atoms with Crippen LogP contribution in [0.15, 0.2) is 39.6 Å². The number of furan rings is 1. The van der Waals surface area contributed by atoms with Gasteiger partial charge in [-0.25, -0.2) is 17.6 Å². The van der Waals surface area contributed by atoms with E-state index in [9.17, 15) is 17.6 Å². The third kappa shape index (κ3) is 3.24. The first kappa shape index (κ1) is 17.4. The van der Waals surface area contributed by atoms with Crippen molar-refractivity contribution in [2.45, 2.75) is 11.8 Å². The number of rotatable bonds is 4. The highest BCUT2D eigenvalue weighted by molar-refractivity contribution is 7.89. The van der Waals surface area contributed by atoms with Crippen LogP contribution in [-0.2, 0) is 10.0 Å². The molecule has 25 heavy (non-hydrogen) atoms. The number of para-hydroxylation sites is 1. The van der Waals surface area contributed by atoms with E-state index < -0.39 is 21.8 Å². The Bertz CT molecular complexity index is 901.